The van der Waals surface area contributed by atoms with Gasteiger partial charge in [-0.15, -0.1) is 12.4 Å². The van der Waals surface area contributed by atoms with Gasteiger partial charge >= 0.3 is 5.97 Å². The van der Waals surface area contributed by atoms with Gasteiger partial charge < -0.3 is 15.6 Å². The van der Waals surface area contributed by atoms with Gasteiger partial charge in [0.1, 0.15) is 11.8 Å². The zero-order chi connectivity index (χ0) is 13.0. The maximum atomic E-state index is 11.4. The number of benzene rings is 1. The highest BCUT2D eigenvalue weighted by molar-refractivity contribution is 14.1. The van der Waals surface area contributed by atoms with E-state index in [1.165, 1.54) is 0 Å². The summed E-state index contributed by atoms with van der Waals surface area (Å²) < 4.78 is 6.34. The van der Waals surface area contributed by atoms with Gasteiger partial charge in [0.15, 0.2) is 0 Å². The summed E-state index contributed by atoms with van der Waals surface area (Å²) in [7, 11) is 0. The van der Waals surface area contributed by atoms with Crippen LogP contribution in [0.25, 0.3) is 0 Å². The molecule has 7 heteroatoms. The van der Waals surface area contributed by atoms with Crippen LogP contribution in [0.15, 0.2) is 12.1 Å². The van der Waals surface area contributed by atoms with Crippen molar-refractivity contribution in [2.24, 2.45) is 5.73 Å². The van der Waals surface area contributed by atoms with E-state index in [0.717, 1.165) is 12.7 Å². The monoisotopic (exact) mass is 497 g/mol. The minimum atomic E-state index is -0.661. The van der Waals surface area contributed by atoms with E-state index in [1.807, 2.05) is 57.3 Å². The number of nitrogens with two attached hydrogens (primary N) is 1. The molecule has 0 saturated carbocycles. The summed E-state index contributed by atoms with van der Waals surface area (Å²) in [5, 5.41) is 9.62. The first-order valence-corrected chi connectivity index (χ1v) is 7.20. The molecule has 1 rings (SSSR count). The van der Waals surface area contributed by atoms with Crippen molar-refractivity contribution in [3.05, 3.63) is 24.8 Å². The number of carbonyl (C=O) groups is 1. The number of hydrogen-bond acceptors (Lipinski definition) is 4. The van der Waals surface area contributed by atoms with Crippen molar-refractivity contribution < 1.29 is 14.6 Å². The molecule has 3 N–H and O–H groups in total. The van der Waals surface area contributed by atoms with Gasteiger partial charge in [-0.1, -0.05) is 0 Å². The van der Waals surface area contributed by atoms with Crippen molar-refractivity contribution in [2.45, 2.75) is 19.4 Å². The molecule has 1 aromatic rings. The van der Waals surface area contributed by atoms with Crippen LogP contribution in [0.4, 0.5) is 0 Å². The second-order valence-electron chi connectivity index (χ2n) is 3.47. The number of phenols is 1. The first-order valence-electron chi connectivity index (χ1n) is 5.04. The van der Waals surface area contributed by atoms with Gasteiger partial charge in [-0.3, -0.25) is 4.79 Å². The second kappa shape index (κ2) is 8.39. The zero-order valence-electron chi connectivity index (χ0n) is 9.65. The van der Waals surface area contributed by atoms with Gasteiger partial charge in [-0.25, -0.2) is 0 Å². The molecule has 0 saturated heterocycles. The van der Waals surface area contributed by atoms with Gasteiger partial charge in [-0.2, -0.15) is 0 Å². The molecule has 0 spiro atoms. The van der Waals surface area contributed by atoms with E-state index < -0.39 is 12.0 Å². The number of halogens is 3. The third-order valence-corrected chi connectivity index (χ3v) is 3.77. The molecule has 0 aliphatic rings. The highest BCUT2D eigenvalue weighted by atomic mass is 127. The van der Waals surface area contributed by atoms with Gasteiger partial charge in [-0.05, 0) is 76.2 Å². The first-order chi connectivity index (χ1) is 7.95. The molecule has 102 valence electrons. The Hall–Kier alpha value is 0.200. The van der Waals surface area contributed by atoms with Crippen LogP contribution in [0.5, 0.6) is 5.75 Å². The standard InChI is InChI=1S/C11H13I2NO3.ClH/c1-2-17-11(16)9(14)5-6-3-7(12)10(15)8(13)4-6;/h3-4,9,15H,2,5,14H2,1H3;1H. The minimum Gasteiger partial charge on any atom is -0.506 e. The quantitative estimate of drug-likeness (QED) is 0.495. The summed E-state index contributed by atoms with van der Waals surface area (Å²) >= 11 is 4.09. The number of aromatic hydroxyl groups is 1. The Balaban J connectivity index is 0.00000289. The summed E-state index contributed by atoms with van der Waals surface area (Å²) in [6.45, 7) is 2.08. The maximum absolute atomic E-state index is 11.4. The molecule has 0 aliphatic heterocycles. The second-order valence-corrected chi connectivity index (χ2v) is 5.80. The Labute approximate surface area is 139 Å². The predicted molar refractivity (Wildman–Crippen MR) is 89.1 cm³/mol. The lowest BCUT2D eigenvalue weighted by molar-refractivity contribution is -0.144. The topological polar surface area (TPSA) is 72.5 Å². The Bertz CT molecular complexity index is 406. The van der Waals surface area contributed by atoms with Crippen LogP contribution >= 0.6 is 57.6 Å². The molecule has 0 fully saturated rings. The molecule has 0 radical (unpaired) electrons. The number of esters is 1. The SMILES string of the molecule is CCOC(=O)C(N)Cc1cc(I)c(O)c(I)c1.Cl. The van der Waals surface area contributed by atoms with E-state index in [4.69, 9.17) is 10.5 Å². The molecule has 1 aromatic carbocycles. The summed E-state index contributed by atoms with van der Waals surface area (Å²) in [5.41, 5.74) is 6.65. The van der Waals surface area contributed by atoms with Gasteiger partial charge in [0, 0.05) is 0 Å². The van der Waals surface area contributed by atoms with Crippen LogP contribution in [0.1, 0.15) is 12.5 Å². The highest BCUT2D eigenvalue weighted by Gasteiger charge is 2.16. The summed E-state index contributed by atoms with van der Waals surface area (Å²) in [6, 6.07) is 2.97. The smallest absolute Gasteiger partial charge is 0.323 e. The molecule has 0 heterocycles. The molecular weight excluding hydrogens is 483 g/mol. The number of hydrogen-bond donors (Lipinski definition) is 2. The van der Waals surface area contributed by atoms with Gasteiger partial charge in [0.25, 0.3) is 0 Å². The van der Waals surface area contributed by atoms with Crippen LogP contribution in [0.3, 0.4) is 0 Å². The lowest BCUT2D eigenvalue weighted by Crippen LogP contribution is -2.34. The van der Waals surface area contributed by atoms with Crippen LogP contribution in [0.2, 0.25) is 0 Å². The number of rotatable bonds is 4. The third-order valence-electron chi connectivity index (χ3n) is 2.12. The number of phenolic OH excluding ortho intramolecular Hbond substituents is 1. The first kappa shape index (κ1) is 18.2. The summed E-state index contributed by atoms with van der Waals surface area (Å²) in [5.74, 6) is -0.134. The van der Waals surface area contributed by atoms with Crippen molar-refractivity contribution >= 4 is 63.6 Å². The van der Waals surface area contributed by atoms with Gasteiger partial charge in [0.2, 0.25) is 0 Å². The minimum absolute atomic E-state index is 0. The normalized spacial score (nSPS) is 11.6. The maximum Gasteiger partial charge on any atom is 0.323 e. The molecule has 0 bridgehead atoms. The molecule has 4 nitrogen and oxygen atoms in total. The van der Waals surface area contributed by atoms with E-state index in [0.29, 0.717) is 13.0 Å². The highest BCUT2D eigenvalue weighted by Crippen LogP contribution is 2.27. The number of ether oxygens (including phenoxy) is 1. The molecule has 0 aromatic heterocycles. The third kappa shape index (κ3) is 5.06. The molecule has 0 amide bonds. The number of carbonyl (C=O) groups excluding carboxylic acids is 1. The van der Waals surface area contributed by atoms with Crippen molar-refractivity contribution in [1.82, 2.24) is 0 Å². The lowest BCUT2D eigenvalue weighted by atomic mass is 10.1. The van der Waals surface area contributed by atoms with Crippen LogP contribution in [-0.2, 0) is 16.0 Å². The molecule has 0 aliphatic carbocycles. The van der Waals surface area contributed by atoms with Crippen LogP contribution in [-0.4, -0.2) is 23.7 Å². The van der Waals surface area contributed by atoms with Crippen LogP contribution in [0, 0.1) is 7.14 Å². The zero-order valence-corrected chi connectivity index (χ0v) is 14.8. The van der Waals surface area contributed by atoms with E-state index in [9.17, 15) is 9.90 Å². The molecular formula is C11H14ClI2NO3. The van der Waals surface area contributed by atoms with Crippen LogP contribution < -0.4 is 5.73 Å². The van der Waals surface area contributed by atoms with E-state index in [2.05, 4.69) is 0 Å². The fourth-order valence-electron chi connectivity index (χ4n) is 1.32. The Kier molecular flexibility index (Phi) is 8.48. The summed E-state index contributed by atoms with van der Waals surface area (Å²) in [6.07, 6.45) is 0.408. The van der Waals surface area contributed by atoms with E-state index >= 15 is 0 Å². The Morgan fingerprint density at radius 2 is 1.94 bits per heavy atom. The molecule has 1 atom stereocenters. The predicted octanol–water partition coefficient (Wildman–Crippen LogP) is 2.46. The summed E-state index contributed by atoms with van der Waals surface area (Å²) in [4.78, 5) is 11.4. The average Bonchev–Trinajstić information content (AvgIpc) is 2.26. The Morgan fingerprint density at radius 1 is 1.44 bits per heavy atom. The fourth-order valence-corrected chi connectivity index (χ4v) is 3.22. The van der Waals surface area contributed by atoms with E-state index in [-0.39, 0.29) is 18.2 Å². The van der Waals surface area contributed by atoms with Gasteiger partial charge in [0.05, 0.1) is 13.7 Å². The Morgan fingerprint density at radius 3 is 2.39 bits per heavy atom. The molecule has 1 unspecified atom stereocenters. The lowest BCUT2D eigenvalue weighted by Gasteiger charge is -2.11. The van der Waals surface area contributed by atoms with Crippen molar-refractivity contribution in [3.8, 4) is 5.75 Å². The molecule has 18 heavy (non-hydrogen) atoms. The van der Waals surface area contributed by atoms with Crippen molar-refractivity contribution in [1.29, 1.82) is 0 Å². The van der Waals surface area contributed by atoms with Crippen molar-refractivity contribution in [3.63, 3.8) is 0 Å². The van der Waals surface area contributed by atoms with Crippen molar-refractivity contribution in [2.75, 3.05) is 6.61 Å². The fraction of sp³-hybridized carbons (Fsp3) is 0.364. The largest absolute Gasteiger partial charge is 0.506 e. The average molecular weight is 497 g/mol. The van der Waals surface area contributed by atoms with E-state index in [1.54, 1.807) is 6.92 Å².